The van der Waals surface area contributed by atoms with Crippen LogP contribution in [0.25, 0.3) is 0 Å². The van der Waals surface area contributed by atoms with Crippen LogP contribution in [0.4, 0.5) is 4.79 Å². The molecule has 5 nitrogen and oxygen atoms in total. The summed E-state index contributed by atoms with van der Waals surface area (Å²) in [6, 6.07) is 0. The van der Waals surface area contributed by atoms with Gasteiger partial charge in [0.15, 0.2) is 0 Å². The molecule has 1 amide bonds. The molecule has 0 spiro atoms. The molecule has 0 aromatic heterocycles. The van der Waals surface area contributed by atoms with E-state index in [0.29, 0.717) is 6.42 Å². The van der Waals surface area contributed by atoms with Gasteiger partial charge in [-0.1, -0.05) is 5.92 Å². The lowest BCUT2D eigenvalue weighted by Crippen LogP contribution is -2.28. The van der Waals surface area contributed by atoms with Crippen molar-refractivity contribution in [2.24, 2.45) is 5.16 Å². The van der Waals surface area contributed by atoms with Gasteiger partial charge in [-0.25, -0.2) is 4.79 Å². The molecule has 0 heterocycles. The number of hydrogen-bond donors (Lipinski definition) is 2. The summed E-state index contributed by atoms with van der Waals surface area (Å²) in [5.74, 6) is 2.24. The number of terminal acetylenes is 1. The van der Waals surface area contributed by atoms with Crippen molar-refractivity contribution in [2.75, 3.05) is 6.54 Å². The van der Waals surface area contributed by atoms with Gasteiger partial charge in [0.1, 0.15) is 6.10 Å². The summed E-state index contributed by atoms with van der Waals surface area (Å²) in [4.78, 5) is 10.8. The van der Waals surface area contributed by atoms with Gasteiger partial charge in [0, 0.05) is 12.6 Å². The molecule has 0 aliphatic heterocycles. The molecule has 1 unspecified atom stereocenters. The van der Waals surface area contributed by atoms with Crippen molar-refractivity contribution in [3.8, 4) is 12.3 Å². The zero-order chi connectivity index (χ0) is 10.1. The minimum atomic E-state index is -0.572. The third-order valence-electron chi connectivity index (χ3n) is 1.16. The summed E-state index contributed by atoms with van der Waals surface area (Å²) < 4.78 is 4.81. The number of amides is 1. The van der Waals surface area contributed by atoms with Crippen LogP contribution >= 0.6 is 0 Å². The SMILES string of the molecule is C#CCNC(=O)OC(C)CC=NO. The first-order valence-electron chi connectivity index (χ1n) is 3.74. The van der Waals surface area contributed by atoms with Crippen LogP contribution in [0.1, 0.15) is 13.3 Å². The molecule has 0 saturated heterocycles. The second-order valence-corrected chi connectivity index (χ2v) is 2.31. The maximum Gasteiger partial charge on any atom is 0.408 e. The summed E-state index contributed by atoms with van der Waals surface area (Å²) in [6.07, 6.45) is 5.61. The van der Waals surface area contributed by atoms with Gasteiger partial charge < -0.3 is 15.3 Å². The summed E-state index contributed by atoms with van der Waals surface area (Å²) in [6.45, 7) is 1.82. The van der Waals surface area contributed by atoms with Gasteiger partial charge >= 0.3 is 6.09 Å². The van der Waals surface area contributed by atoms with E-state index < -0.39 is 6.09 Å². The van der Waals surface area contributed by atoms with Crippen molar-refractivity contribution < 1.29 is 14.7 Å². The van der Waals surface area contributed by atoms with Crippen molar-refractivity contribution in [1.29, 1.82) is 0 Å². The fourth-order valence-electron chi connectivity index (χ4n) is 0.591. The fraction of sp³-hybridized carbons (Fsp3) is 0.500. The van der Waals surface area contributed by atoms with Crippen molar-refractivity contribution in [1.82, 2.24) is 5.32 Å². The average Bonchev–Trinajstić information content (AvgIpc) is 2.11. The highest BCUT2D eigenvalue weighted by molar-refractivity contribution is 5.68. The maximum atomic E-state index is 10.8. The van der Waals surface area contributed by atoms with Gasteiger partial charge in [-0.15, -0.1) is 11.6 Å². The molecule has 1 atom stereocenters. The highest BCUT2D eigenvalue weighted by Crippen LogP contribution is 1.94. The van der Waals surface area contributed by atoms with E-state index >= 15 is 0 Å². The predicted molar refractivity (Wildman–Crippen MR) is 47.7 cm³/mol. The third-order valence-corrected chi connectivity index (χ3v) is 1.16. The standard InChI is InChI=1S/C8H12N2O3/c1-3-5-9-8(11)13-7(2)4-6-10-12/h1,6-7,12H,4-5H2,2H3,(H,9,11). The van der Waals surface area contributed by atoms with Crippen LogP contribution in [-0.2, 0) is 4.74 Å². The van der Waals surface area contributed by atoms with Crippen molar-refractivity contribution in [2.45, 2.75) is 19.4 Å². The number of rotatable bonds is 4. The fourth-order valence-corrected chi connectivity index (χ4v) is 0.591. The van der Waals surface area contributed by atoms with E-state index in [2.05, 4.69) is 16.4 Å². The van der Waals surface area contributed by atoms with Crippen LogP contribution in [-0.4, -0.2) is 30.2 Å². The second-order valence-electron chi connectivity index (χ2n) is 2.31. The highest BCUT2D eigenvalue weighted by atomic mass is 16.6. The van der Waals surface area contributed by atoms with E-state index in [1.165, 1.54) is 6.21 Å². The molecule has 0 saturated carbocycles. The zero-order valence-electron chi connectivity index (χ0n) is 7.36. The van der Waals surface area contributed by atoms with Crippen LogP contribution in [0.5, 0.6) is 0 Å². The van der Waals surface area contributed by atoms with Gasteiger partial charge in [0.05, 0.1) is 6.54 Å². The molecule has 0 bridgehead atoms. The van der Waals surface area contributed by atoms with E-state index in [1.807, 2.05) is 0 Å². The Bertz CT molecular complexity index is 220. The number of nitrogens with zero attached hydrogens (tertiary/aromatic N) is 1. The minimum Gasteiger partial charge on any atom is -0.446 e. The van der Waals surface area contributed by atoms with Gasteiger partial charge in [0.25, 0.3) is 0 Å². The first-order valence-corrected chi connectivity index (χ1v) is 3.74. The number of oxime groups is 1. The summed E-state index contributed by atoms with van der Waals surface area (Å²) >= 11 is 0. The molecule has 5 heteroatoms. The summed E-state index contributed by atoms with van der Waals surface area (Å²) in [5, 5.41) is 13.2. The normalized spacial score (nSPS) is 12.0. The molecule has 0 rings (SSSR count). The van der Waals surface area contributed by atoms with E-state index in [-0.39, 0.29) is 12.6 Å². The monoisotopic (exact) mass is 184 g/mol. The molecule has 13 heavy (non-hydrogen) atoms. The smallest absolute Gasteiger partial charge is 0.408 e. The molecule has 72 valence electrons. The van der Waals surface area contributed by atoms with Gasteiger partial charge in [-0.05, 0) is 6.92 Å². The van der Waals surface area contributed by atoms with E-state index in [4.69, 9.17) is 16.4 Å². The van der Waals surface area contributed by atoms with E-state index in [1.54, 1.807) is 6.92 Å². The van der Waals surface area contributed by atoms with Crippen LogP contribution in [0, 0.1) is 12.3 Å². The third kappa shape index (κ3) is 6.69. The molecule has 0 aliphatic rings. The number of ether oxygens (including phenoxy) is 1. The Morgan fingerprint density at radius 2 is 2.62 bits per heavy atom. The number of carbonyl (C=O) groups excluding carboxylic acids is 1. The Morgan fingerprint density at radius 3 is 3.15 bits per heavy atom. The van der Waals surface area contributed by atoms with Crippen LogP contribution in [0.15, 0.2) is 5.16 Å². The number of carbonyl (C=O) groups is 1. The van der Waals surface area contributed by atoms with Crippen LogP contribution < -0.4 is 5.32 Å². The topological polar surface area (TPSA) is 70.9 Å². The molecular weight excluding hydrogens is 172 g/mol. The lowest BCUT2D eigenvalue weighted by molar-refractivity contribution is 0.111. The van der Waals surface area contributed by atoms with E-state index in [0.717, 1.165) is 0 Å². The van der Waals surface area contributed by atoms with Crippen molar-refractivity contribution in [3.05, 3.63) is 0 Å². The molecule has 2 N–H and O–H groups in total. The Kier molecular flexibility index (Phi) is 6.06. The van der Waals surface area contributed by atoms with E-state index in [9.17, 15) is 4.79 Å². The molecule has 0 fully saturated rings. The molecular formula is C8H12N2O3. The molecule has 0 aromatic carbocycles. The Morgan fingerprint density at radius 1 is 1.92 bits per heavy atom. The Labute approximate surface area is 76.8 Å². The zero-order valence-corrected chi connectivity index (χ0v) is 7.36. The predicted octanol–water partition coefficient (Wildman–Crippen LogP) is 0.584. The van der Waals surface area contributed by atoms with Gasteiger partial charge in [-0.2, -0.15) is 0 Å². The largest absolute Gasteiger partial charge is 0.446 e. The van der Waals surface area contributed by atoms with Crippen LogP contribution in [0.3, 0.4) is 0 Å². The lowest BCUT2D eigenvalue weighted by atomic mass is 10.3. The quantitative estimate of drug-likeness (QED) is 0.290. The molecule has 0 radical (unpaired) electrons. The van der Waals surface area contributed by atoms with Crippen LogP contribution in [0.2, 0.25) is 0 Å². The lowest BCUT2D eigenvalue weighted by Gasteiger charge is -2.09. The van der Waals surface area contributed by atoms with Crippen molar-refractivity contribution >= 4 is 12.3 Å². The van der Waals surface area contributed by atoms with Crippen molar-refractivity contribution in [3.63, 3.8) is 0 Å². The summed E-state index contributed by atoms with van der Waals surface area (Å²) in [7, 11) is 0. The van der Waals surface area contributed by atoms with Gasteiger partial charge in [0.2, 0.25) is 0 Å². The first kappa shape index (κ1) is 11.3. The first-order chi connectivity index (χ1) is 6.20. The highest BCUT2D eigenvalue weighted by Gasteiger charge is 2.06. The minimum absolute atomic E-state index is 0.139. The molecule has 0 aromatic rings. The second kappa shape index (κ2) is 6.98. The average molecular weight is 184 g/mol. The number of nitrogens with one attached hydrogen (secondary N) is 1. The summed E-state index contributed by atoms with van der Waals surface area (Å²) in [5.41, 5.74) is 0. The maximum absolute atomic E-state index is 10.8. The number of hydrogen-bond acceptors (Lipinski definition) is 4. The number of alkyl carbamates (subject to hydrolysis) is 1. The molecule has 0 aliphatic carbocycles. The van der Waals surface area contributed by atoms with Gasteiger partial charge in [-0.3, -0.25) is 0 Å². The Hall–Kier alpha value is -1.70. The Balaban J connectivity index is 3.60.